The Balaban J connectivity index is 1.55. The predicted molar refractivity (Wildman–Crippen MR) is 98.1 cm³/mol. The molecule has 1 aliphatic heterocycles. The Morgan fingerprint density at radius 1 is 0.893 bits per heavy atom. The van der Waals surface area contributed by atoms with E-state index in [0.717, 1.165) is 17.7 Å². The van der Waals surface area contributed by atoms with Crippen LogP contribution in [0.2, 0.25) is 0 Å². The summed E-state index contributed by atoms with van der Waals surface area (Å²) in [5.41, 5.74) is 0.970. The van der Waals surface area contributed by atoms with E-state index in [4.69, 9.17) is 0 Å². The van der Waals surface area contributed by atoms with Gasteiger partial charge in [0, 0.05) is 37.7 Å². The molecule has 0 N–H and O–H groups in total. The van der Waals surface area contributed by atoms with Crippen LogP contribution in [0.1, 0.15) is 22.8 Å². The number of piperazine rings is 1. The molecule has 2 amide bonds. The summed E-state index contributed by atoms with van der Waals surface area (Å²) in [5.74, 6) is -3.05. The maximum atomic E-state index is 13.3. The van der Waals surface area contributed by atoms with Crippen molar-refractivity contribution in [3.8, 4) is 0 Å². The minimum atomic E-state index is -1.06. The molecule has 1 saturated heterocycles. The van der Waals surface area contributed by atoms with Crippen LogP contribution in [0.15, 0.2) is 42.5 Å². The van der Waals surface area contributed by atoms with E-state index < -0.39 is 11.6 Å². The molecule has 1 unspecified atom stereocenters. The lowest BCUT2D eigenvalue weighted by atomic mass is 9.99. The molecule has 0 bridgehead atoms. The largest absolute Gasteiger partial charge is 0.339 e. The molecule has 148 valence electrons. The van der Waals surface area contributed by atoms with Gasteiger partial charge in [0.2, 0.25) is 5.91 Å². The number of amides is 2. The summed E-state index contributed by atoms with van der Waals surface area (Å²) in [6.45, 7) is 3.23. The van der Waals surface area contributed by atoms with Crippen molar-refractivity contribution >= 4 is 11.8 Å². The van der Waals surface area contributed by atoms with Crippen LogP contribution in [0, 0.1) is 23.4 Å². The first-order valence-electron chi connectivity index (χ1n) is 9.12. The molecule has 7 heteroatoms. The van der Waals surface area contributed by atoms with Gasteiger partial charge >= 0.3 is 0 Å². The maximum Gasteiger partial charge on any atom is 0.254 e. The Bertz CT molecular complexity index is 862. The molecule has 2 aromatic rings. The Morgan fingerprint density at radius 3 is 2.11 bits per heavy atom. The third-order valence-corrected chi connectivity index (χ3v) is 4.92. The third-order valence-electron chi connectivity index (χ3n) is 4.92. The normalized spacial score (nSPS) is 15.4. The molecule has 0 radical (unpaired) electrons. The lowest BCUT2D eigenvalue weighted by Crippen LogP contribution is -2.51. The molecule has 1 aliphatic rings. The average molecular weight is 390 g/mol. The van der Waals surface area contributed by atoms with Crippen LogP contribution in [-0.4, -0.2) is 47.8 Å². The predicted octanol–water partition coefficient (Wildman–Crippen LogP) is 3.27. The topological polar surface area (TPSA) is 40.6 Å². The molecule has 1 fully saturated rings. The van der Waals surface area contributed by atoms with Crippen LogP contribution in [0.25, 0.3) is 0 Å². The monoisotopic (exact) mass is 390 g/mol. The lowest BCUT2D eigenvalue weighted by Gasteiger charge is -2.36. The highest BCUT2D eigenvalue weighted by Crippen LogP contribution is 2.16. The number of benzene rings is 2. The van der Waals surface area contributed by atoms with Gasteiger partial charge in [0.1, 0.15) is 5.82 Å². The van der Waals surface area contributed by atoms with Gasteiger partial charge in [-0.2, -0.15) is 0 Å². The summed E-state index contributed by atoms with van der Waals surface area (Å²) in [6, 6.07) is 9.14. The molecule has 3 rings (SSSR count). The smallest absolute Gasteiger partial charge is 0.254 e. The second-order valence-corrected chi connectivity index (χ2v) is 6.98. The molecule has 0 aliphatic carbocycles. The van der Waals surface area contributed by atoms with Crippen molar-refractivity contribution in [3.63, 3.8) is 0 Å². The van der Waals surface area contributed by atoms with Crippen LogP contribution >= 0.6 is 0 Å². The van der Waals surface area contributed by atoms with E-state index in [1.807, 2.05) is 6.92 Å². The van der Waals surface area contributed by atoms with E-state index in [2.05, 4.69) is 0 Å². The van der Waals surface area contributed by atoms with E-state index >= 15 is 0 Å². The van der Waals surface area contributed by atoms with Gasteiger partial charge in [0.05, 0.1) is 0 Å². The van der Waals surface area contributed by atoms with Gasteiger partial charge in [0.15, 0.2) is 11.6 Å². The maximum absolute atomic E-state index is 13.3. The summed E-state index contributed by atoms with van der Waals surface area (Å²) >= 11 is 0. The summed E-state index contributed by atoms with van der Waals surface area (Å²) in [6.07, 6.45) is 0.507. The number of halogens is 3. The van der Waals surface area contributed by atoms with Gasteiger partial charge in [-0.1, -0.05) is 19.1 Å². The van der Waals surface area contributed by atoms with E-state index in [1.165, 1.54) is 23.1 Å². The Hall–Kier alpha value is -2.83. The van der Waals surface area contributed by atoms with Crippen LogP contribution < -0.4 is 0 Å². The number of hydrogen-bond donors (Lipinski definition) is 0. The van der Waals surface area contributed by atoms with E-state index in [0.29, 0.717) is 32.6 Å². The Labute approximate surface area is 161 Å². The second-order valence-electron chi connectivity index (χ2n) is 6.98. The molecule has 0 aromatic heterocycles. The van der Waals surface area contributed by atoms with Crippen LogP contribution in [-0.2, 0) is 11.2 Å². The summed E-state index contributed by atoms with van der Waals surface area (Å²) in [4.78, 5) is 28.3. The zero-order chi connectivity index (χ0) is 20.3. The standard InChI is InChI=1S/C21H21F3N2O2/c1-14(12-15-2-5-17(22)6-3-15)20(27)25-8-10-26(11-9-25)21(28)16-4-7-18(23)19(24)13-16/h2-7,13-14H,8-12H2,1H3. The van der Waals surface area contributed by atoms with Gasteiger partial charge in [-0.15, -0.1) is 0 Å². The van der Waals surface area contributed by atoms with Crippen molar-refractivity contribution in [2.45, 2.75) is 13.3 Å². The highest BCUT2D eigenvalue weighted by Gasteiger charge is 2.27. The van der Waals surface area contributed by atoms with Crippen molar-refractivity contribution in [1.82, 2.24) is 9.80 Å². The van der Waals surface area contributed by atoms with Crippen molar-refractivity contribution in [3.05, 3.63) is 71.0 Å². The van der Waals surface area contributed by atoms with E-state index in [1.54, 1.807) is 17.0 Å². The molecule has 2 aromatic carbocycles. The van der Waals surface area contributed by atoms with Crippen molar-refractivity contribution < 1.29 is 22.8 Å². The fraction of sp³-hybridized carbons (Fsp3) is 0.333. The molecule has 1 heterocycles. The summed E-state index contributed by atoms with van der Waals surface area (Å²) in [7, 11) is 0. The molecule has 0 saturated carbocycles. The fourth-order valence-electron chi connectivity index (χ4n) is 3.31. The summed E-state index contributed by atoms with van der Waals surface area (Å²) in [5, 5.41) is 0. The SMILES string of the molecule is CC(Cc1ccc(F)cc1)C(=O)N1CCN(C(=O)c2ccc(F)c(F)c2)CC1. The minimum absolute atomic E-state index is 0.0238. The van der Waals surface area contributed by atoms with Crippen molar-refractivity contribution in [2.75, 3.05) is 26.2 Å². The molecule has 4 nitrogen and oxygen atoms in total. The van der Waals surface area contributed by atoms with E-state index in [-0.39, 0.29) is 29.1 Å². The molecule has 0 spiro atoms. The first-order chi connectivity index (χ1) is 13.3. The first-order valence-corrected chi connectivity index (χ1v) is 9.12. The quantitative estimate of drug-likeness (QED) is 0.804. The minimum Gasteiger partial charge on any atom is -0.339 e. The number of carbonyl (C=O) groups excluding carboxylic acids is 2. The fourth-order valence-corrected chi connectivity index (χ4v) is 3.31. The summed E-state index contributed by atoms with van der Waals surface area (Å²) < 4.78 is 39.4. The van der Waals surface area contributed by atoms with Crippen molar-refractivity contribution in [1.29, 1.82) is 0 Å². The third kappa shape index (κ3) is 4.52. The second kappa shape index (κ2) is 8.46. The van der Waals surface area contributed by atoms with Crippen LogP contribution in [0.5, 0.6) is 0 Å². The van der Waals surface area contributed by atoms with Gasteiger partial charge < -0.3 is 9.80 Å². The highest BCUT2D eigenvalue weighted by molar-refractivity contribution is 5.94. The lowest BCUT2D eigenvalue weighted by molar-refractivity contribution is -0.136. The molecular weight excluding hydrogens is 369 g/mol. The number of hydrogen-bond acceptors (Lipinski definition) is 2. The highest BCUT2D eigenvalue weighted by atomic mass is 19.2. The number of nitrogens with zero attached hydrogens (tertiary/aromatic N) is 2. The van der Waals surface area contributed by atoms with E-state index in [9.17, 15) is 22.8 Å². The number of carbonyl (C=O) groups is 2. The molecular formula is C21H21F3N2O2. The molecule has 1 atom stereocenters. The van der Waals surface area contributed by atoms with Gasteiger partial charge in [-0.25, -0.2) is 13.2 Å². The zero-order valence-electron chi connectivity index (χ0n) is 15.5. The van der Waals surface area contributed by atoms with Crippen molar-refractivity contribution in [2.24, 2.45) is 5.92 Å². The Kier molecular flexibility index (Phi) is 6.02. The molecule has 28 heavy (non-hydrogen) atoms. The van der Waals surface area contributed by atoms with Gasteiger partial charge in [-0.3, -0.25) is 9.59 Å². The van der Waals surface area contributed by atoms with Crippen LogP contribution in [0.3, 0.4) is 0 Å². The number of rotatable bonds is 4. The van der Waals surface area contributed by atoms with Gasteiger partial charge in [0.25, 0.3) is 5.91 Å². The zero-order valence-corrected chi connectivity index (χ0v) is 15.5. The van der Waals surface area contributed by atoms with Gasteiger partial charge in [-0.05, 0) is 42.3 Å². The Morgan fingerprint density at radius 2 is 1.50 bits per heavy atom. The average Bonchev–Trinajstić information content (AvgIpc) is 2.70. The van der Waals surface area contributed by atoms with Crippen LogP contribution in [0.4, 0.5) is 13.2 Å². The first kappa shape index (κ1) is 19.9.